The molecule has 0 aromatic heterocycles. The maximum Gasteiger partial charge on any atom is 0.0621 e. The highest BCUT2D eigenvalue weighted by atomic mass is 16.3. The molecule has 0 bridgehead atoms. The van der Waals surface area contributed by atoms with Crippen molar-refractivity contribution in [2.45, 2.75) is 19.4 Å². The summed E-state index contributed by atoms with van der Waals surface area (Å²) in [4.78, 5) is 0. The second-order valence-electron chi connectivity index (χ2n) is 2.72. The second-order valence-corrected chi connectivity index (χ2v) is 2.72. The number of rotatable bonds is 1. The molecule has 0 aliphatic carbocycles. The fraction of sp³-hybridized carbons (Fsp3) is 0.273. The molecular weight excluding hydrogens is 148 g/mol. The third-order valence-electron chi connectivity index (χ3n) is 1.40. The van der Waals surface area contributed by atoms with Gasteiger partial charge in [-0.15, -0.1) is 0 Å². The minimum absolute atomic E-state index is 0.332. The minimum Gasteiger partial charge on any atom is -0.392 e. The fourth-order valence-corrected chi connectivity index (χ4v) is 0.822. The van der Waals surface area contributed by atoms with Crippen molar-refractivity contribution < 1.29 is 5.11 Å². The fourth-order valence-electron chi connectivity index (χ4n) is 0.822. The van der Waals surface area contributed by atoms with E-state index in [1.807, 2.05) is 30.3 Å². The van der Waals surface area contributed by atoms with E-state index in [-0.39, 0.29) is 6.10 Å². The number of aliphatic hydroxyl groups is 1. The van der Waals surface area contributed by atoms with Crippen LogP contribution in [0.5, 0.6) is 0 Å². The van der Waals surface area contributed by atoms with Gasteiger partial charge in [0, 0.05) is 12.0 Å². The van der Waals surface area contributed by atoms with Crippen LogP contribution in [-0.4, -0.2) is 11.2 Å². The van der Waals surface area contributed by atoms with E-state index in [0.29, 0.717) is 6.42 Å². The summed E-state index contributed by atoms with van der Waals surface area (Å²) in [5.41, 5.74) is 0.998. The Morgan fingerprint density at radius 1 is 1.33 bits per heavy atom. The summed E-state index contributed by atoms with van der Waals surface area (Å²) in [5.74, 6) is 5.87. The molecule has 0 unspecified atom stereocenters. The van der Waals surface area contributed by atoms with Gasteiger partial charge in [0.2, 0.25) is 0 Å². The molecule has 0 aliphatic rings. The third-order valence-corrected chi connectivity index (χ3v) is 1.40. The molecule has 0 spiro atoms. The summed E-state index contributed by atoms with van der Waals surface area (Å²) < 4.78 is 0. The monoisotopic (exact) mass is 160 g/mol. The Kier molecular flexibility index (Phi) is 3.37. The van der Waals surface area contributed by atoms with Gasteiger partial charge in [-0.25, -0.2) is 0 Å². The van der Waals surface area contributed by atoms with Gasteiger partial charge in [0.25, 0.3) is 0 Å². The Hall–Kier alpha value is -1.26. The molecule has 1 rings (SSSR count). The predicted molar refractivity (Wildman–Crippen MR) is 49.6 cm³/mol. The van der Waals surface area contributed by atoms with Crippen LogP contribution in [0.3, 0.4) is 0 Å². The normalized spacial score (nSPS) is 11.5. The van der Waals surface area contributed by atoms with Crippen LogP contribution in [0.25, 0.3) is 0 Å². The van der Waals surface area contributed by atoms with Crippen molar-refractivity contribution in [1.29, 1.82) is 0 Å². The van der Waals surface area contributed by atoms with Crippen LogP contribution in [-0.2, 0) is 0 Å². The lowest BCUT2D eigenvalue weighted by Gasteiger charge is -1.92. The van der Waals surface area contributed by atoms with Crippen LogP contribution in [0.15, 0.2) is 30.3 Å². The molecule has 0 aliphatic heterocycles. The molecule has 1 nitrogen and oxygen atoms in total. The SMILES string of the molecule is C[C@@H](O)CC#Cc1ccccc1. The van der Waals surface area contributed by atoms with Crippen molar-refractivity contribution in [3.05, 3.63) is 35.9 Å². The highest BCUT2D eigenvalue weighted by Crippen LogP contribution is 1.95. The first-order valence-electron chi connectivity index (χ1n) is 4.01. The molecule has 0 fully saturated rings. The molecule has 1 aromatic rings. The summed E-state index contributed by atoms with van der Waals surface area (Å²) in [6.07, 6.45) is 0.204. The molecule has 0 radical (unpaired) electrons. The molecule has 62 valence electrons. The molecule has 0 amide bonds. The van der Waals surface area contributed by atoms with E-state index in [1.165, 1.54) is 0 Å². The molecule has 12 heavy (non-hydrogen) atoms. The van der Waals surface area contributed by atoms with E-state index in [9.17, 15) is 0 Å². The van der Waals surface area contributed by atoms with Crippen molar-refractivity contribution in [3.8, 4) is 11.8 Å². The summed E-state index contributed by atoms with van der Waals surface area (Å²) in [6, 6.07) is 9.77. The highest BCUT2D eigenvalue weighted by molar-refractivity contribution is 5.33. The second kappa shape index (κ2) is 4.58. The molecule has 1 aromatic carbocycles. The lowest BCUT2D eigenvalue weighted by molar-refractivity contribution is 0.201. The predicted octanol–water partition coefficient (Wildman–Crippen LogP) is 1.81. The number of hydrogen-bond acceptors (Lipinski definition) is 1. The number of aliphatic hydroxyl groups excluding tert-OH is 1. The van der Waals surface area contributed by atoms with Gasteiger partial charge in [-0.3, -0.25) is 0 Å². The number of hydrogen-bond donors (Lipinski definition) is 1. The summed E-state index contributed by atoms with van der Waals surface area (Å²) in [7, 11) is 0. The Morgan fingerprint density at radius 3 is 2.58 bits per heavy atom. The zero-order valence-electron chi connectivity index (χ0n) is 7.12. The molecular formula is C11H12O. The van der Waals surface area contributed by atoms with Gasteiger partial charge < -0.3 is 5.11 Å². The van der Waals surface area contributed by atoms with Crippen molar-refractivity contribution in [2.75, 3.05) is 0 Å². The zero-order chi connectivity index (χ0) is 8.81. The molecule has 0 saturated carbocycles. The van der Waals surface area contributed by atoms with Gasteiger partial charge in [-0.05, 0) is 19.1 Å². The van der Waals surface area contributed by atoms with Crippen LogP contribution in [0.2, 0.25) is 0 Å². The van der Waals surface area contributed by atoms with Gasteiger partial charge in [-0.1, -0.05) is 30.0 Å². The molecule has 0 heterocycles. The van der Waals surface area contributed by atoms with E-state index in [0.717, 1.165) is 5.56 Å². The summed E-state index contributed by atoms with van der Waals surface area (Å²) in [5, 5.41) is 8.93. The Balaban J connectivity index is 2.55. The van der Waals surface area contributed by atoms with Gasteiger partial charge in [0.05, 0.1) is 6.10 Å². The van der Waals surface area contributed by atoms with E-state index in [4.69, 9.17) is 5.11 Å². The Labute approximate surface area is 73.0 Å². The van der Waals surface area contributed by atoms with Crippen molar-refractivity contribution >= 4 is 0 Å². The number of benzene rings is 1. The maximum atomic E-state index is 8.93. The quantitative estimate of drug-likeness (QED) is 0.621. The molecule has 1 N–H and O–H groups in total. The van der Waals surface area contributed by atoms with E-state index in [2.05, 4.69) is 11.8 Å². The average Bonchev–Trinajstić information content (AvgIpc) is 2.05. The first-order chi connectivity index (χ1) is 5.79. The standard InChI is InChI=1S/C11H12O/c1-10(12)6-5-9-11-7-3-2-4-8-11/h2-4,7-8,10,12H,6H2,1H3/t10-/m1/s1. The largest absolute Gasteiger partial charge is 0.392 e. The van der Waals surface area contributed by atoms with Crippen molar-refractivity contribution in [2.24, 2.45) is 0 Å². The van der Waals surface area contributed by atoms with Gasteiger partial charge in [0.15, 0.2) is 0 Å². The molecule has 0 saturated heterocycles. The van der Waals surface area contributed by atoms with E-state index < -0.39 is 0 Å². The van der Waals surface area contributed by atoms with E-state index in [1.54, 1.807) is 6.92 Å². The van der Waals surface area contributed by atoms with Crippen LogP contribution in [0, 0.1) is 11.8 Å². The Bertz CT molecular complexity index is 277. The lowest BCUT2D eigenvalue weighted by atomic mass is 10.2. The summed E-state index contributed by atoms with van der Waals surface area (Å²) >= 11 is 0. The van der Waals surface area contributed by atoms with Gasteiger partial charge >= 0.3 is 0 Å². The first-order valence-corrected chi connectivity index (χ1v) is 4.01. The van der Waals surface area contributed by atoms with Crippen LogP contribution in [0.1, 0.15) is 18.9 Å². The Morgan fingerprint density at radius 2 is 2.00 bits per heavy atom. The lowest BCUT2D eigenvalue weighted by Crippen LogP contribution is -1.95. The minimum atomic E-state index is -0.332. The average molecular weight is 160 g/mol. The van der Waals surface area contributed by atoms with Crippen LogP contribution < -0.4 is 0 Å². The molecule has 1 heteroatoms. The maximum absolute atomic E-state index is 8.93. The molecule has 1 atom stereocenters. The first kappa shape index (κ1) is 8.83. The van der Waals surface area contributed by atoms with Gasteiger partial charge in [0.1, 0.15) is 0 Å². The topological polar surface area (TPSA) is 20.2 Å². The zero-order valence-corrected chi connectivity index (χ0v) is 7.12. The van der Waals surface area contributed by atoms with E-state index >= 15 is 0 Å². The van der Waals surface area contributed by atoms with Crippen molar-refractivity contribution in [3.63, 3.8) is 0 Å². The third kappa shape index (κ3) is 3.23. The van der Waals surface area contributed by atoms with Crippen LogP contribution in [0.4, 0.5) is 0 Å². The van der Waals surface area contributed by atoms with Crippen LogP contribution >= 0.6 is 0 Å². The van der Waals surface area contributed by atoms with Crippen molar-refractivity contribution in [1.82, 2.24) is 0 Å². The smallest absolute Gasteiger partial charge is 0.0621 e. The highest BCUT2D eigenvalue weighted by Gasteiger charge is 1.88. The summed E-state index contributed by atoms with van der Waals surface area (Å²) in [6.45, 7) is 1.74. The van der Waals surface area contributed by atoms with Gasteiger partial charge in [-0.2, -0.15) is 0 Å².